The molecule has 3 aromatic rings. The van der Waals surface area contributed by atoms with Crippen molar-refractivity contribution in [3.63, 3.8) is 0 Å². The van der Waals surface area contributed by atoms with E-state index in [0.29, 0.717) is 23.1 Å². The van der Waals surface area contributed by atoms with E-state index in [1.165, 1.54) is 4.90 Å². The zero-order chi connectivity index (χ0) is 18.1. The number of rotatable bonds is 5. The summed E-state index contributed by atoms with van der Waals surface area (Å²) in [5.41, 5.74) is 1.44. The number of hydrogen-bond acceptors (Lipinski definition) is 5. The van der Waals surface area contributed by atoms with Crippen molar-refractivity contribution in [3.8, 4) is 0 Å². The predicted molar refractivity (Wildman–Crippen MR) is 92.9 cm³/mol. The first kappa shape index (κ1) is 16.1. The van der Waals surface area contributed by atoms with Crippen LogP contribution >= 0.6 is 0 Å². The summed E-state index contributed by atoms with van der Waals surface area (Å²) in [6.45, 7) is 0.281. The number of esters is 1. The van der Waals surface area contributed by atoms with Gasteiger partial charge < -0.3 is 9.15 Å². The van der Waals surface area contributed by atoms with E-state index in [9.17, 15) is 14.4 Å². The normalized spacial score (nSPS) is 13.3. The van der Waals surface area contributed by atoms with Gasteiger partial charge in [-0.3, -0.25) is 14.5 Å². The molecule has 0 saturated carbocycles. The van der Waals surface area contributed by atoms with Gasteiger partial charge in [0.2, 0.25) is 5.76 Å². The largest absolute Gasteiger partial charge is 0.460 e. The van der Waals surface area contributed by atoms with Gasteiger partial charge in [0.05, 0.1) is 17.7 Å². The smallest absolute Gasteiger partial charge is 0.374 e. The van der Waals surface area contributed by atoms with E-state index < -0.39 is 5.97 Å². The van der Waals surface area contributed by atoms with Gasteiger partial charge in [-0.25, -0.2) is 4.79 Å². The number of imide groups is 1. The molecule has 0 spiro atoms. The lowest BCUT2D eigenvalue weighted by Gasteiger charge is -2.13. The Hall–Kier alpha value is -3.41. The van der Waals surface area contributed by atoms with Gasteiger partial charge in [0.15, 0.2) is 0 Å². The second kappa shape index (κ2) is 6.48. The van der Waals surface area contributed by atoms with E-state index in [-0.39, 0.29) is 30.7 Å². The van der Waals surface area contributed by atoms with Crippen LogP contribution in [0.15, 0.2) is 59.0 Å². The molecule has 0 radical (unpaired) electrons. The molecule has 130 valence electrons. The number of hydrogen-bond donors (Lipinski definition) is 0. The van der Waals surface area contributed by atoms with Crippen LogP contribution in [0.1, 0.15) is 37.7 Å². The lowest BCUT2D eigenvalue weighted by atomic mass is 10.1. The van der Waals surface area contributed by atoms with Gasteiger partial charge >= 0.3 is 5.97 Å². The third-order valence-corrected chi connectivity index (χ3v) is 4.26. The van der Waals surface area contributed by atoms with Crippen LogP contribution in [-0.2, 0) is 4.74 Å². The Morgan fingerprint density at radius 3 is 2.31 bits per heavy atom. The fourth-order valence-electron chi connectivity index (χ4n) is 2.98. The van der Waals surface area contributed by atoms with Crippen molar-refractivity contribution in [2.75, 3.05) is 13.2 Å². The summed E-state index contributed by atoms with van der Waals surface area (Å²) in [5, 5.41) is 0.825. The van der Waals surface area contributed by atoms with Gasteiger partial charge in [-0.05, 0) is 30.7 Å². The first-order valence-electron chi connectivity index (χ1n) is 8.26. The second-order valence-electron chi connectivity index (χ2n) is 5.95. The van der Waals surface area contributed by atoms with Crippen molar-refractivity contribution in [1.29, 1.82) is 0 Å². The Bertz CT molecular complexity index is 952. The van der Waals surface area contributed by atoms with Crippen LogP contribution in [0.4, 0.5) is 0 Å². The maximum Gasteiger partial charge on any atom is 0.374 e. The lowest BCUT2D eigenvalue weighted by molar-refractivity contribution is 0.0451. The minimum Gasteiger partial charge on any atom is -0.460 e. The topological polar surface area (TPSA) is 76.8 Å². The molecule has 1 aromatic heterocycles. The van der Waals surface area contributed by atoms with E-state index in [0.717, 1.165) is 5.39 Å². The summed E-state index contributed by atoms with van der Waals surface area (Å²) in [6, 6.07) is 15.6. The Kier molecular flexibility index (Phi) is 4.01. The van der Waals surface area contributed by atoms with Gasteiger partial charge in [-0.1, -0.05) is 30.3 Å². The van der Waals surface area contributed by atoms with E-state index in [2.05, 4.69) is 0 Å². The van der Waals surface area contributed by atoms with Crippen molar-refractivity contribution < 1.29 is 23.5 Å². The van der Waals surface area contributed by atoms with Crippen molar-refractivity contribution in [3.05, 3.63) is 71.5 Å². The highest BCUT2D eigenvalue weighted by molar-refractivity contribution is 6.21. The van der Waals surface area contributed by atoms with Gasteiger partial charge in [0.25, 0.3) is 11.8 Å². The van der Waals surface area contributed by atoms with Crippen LogP contribution in [-0.4, -0.2) is 35.8 Å². The standard InChI is InChI=1S/C20H15NO5/c22-18-14-7-2-3-8-15(14)19(23)21(18)10-5-11-25-20(24)17-12-13-6-1-4-9-16(13)26-17/h1-4,6-9,12H,5,10-11H2. The molecule has 0 unspecified atom stereocenters. The number of amides is 2. The minimum absolute atomic E-state index is 0.0866. The third-order valence-electron chi connectivity index (χ3n) is 4.26. The number of nitrogens with zero attached hydrogens (tertiary/aromatic N) is 1. The molecule has 6 heteroatoms. The Balaban J connectivity index is 1.32. The minimum atomic E-state index is -0.566. The number of ether oxygens (including phenoxy) is 1. The summed E-state index contributed by atoms with van der Waals surface area (Å²) in [4.78, 5) is 37.7. The lowest BCUT2D eigenvalue weighted by Crippen LogP contribution is -2.31. The summed E-state index contributed by atoms with van der Waals surface area (Å²) in [5.74, 6) is -1.06. The van der Waals surface area contributed by atoms with E-state index in [1.54, 1.807) is 36.4 Å². The highest BCUT2D eigenvalue weighted by atomic mass is 16.5. The molecule has 0 atom stereocenters. The Labute approximate surface area is 149 Å². The Morgan fingerprint density at radius 1 is 0.962 bits per heavy atom. The van der Waals surface area contributed by atoms with Gasteiger partial charge in [0.1, 0.15) is 5.58 Å². The summed E-state index contributed by atoms with van der Waals surface area (Å²) in [7, 11) is 0. The molecule has 2 amide bonds. The van der Waals surface area contributed by atoms with Crippen molar-refractivity contribution >= 4 is 28.8 Å². The number of fused-ring (bicyclic) bond motifs is 2. The predicted octanol–water partition coefficient (Wildman–Crippen LogP) is 3.28. The van der Waals surface area contributed by atoms with Crippen LogP contribution < -0.4 is 0 Å². The molecule has 2 heterocycles. The maximum atomic E-state index is 12.2. The number of furan rings is 1. The molecule has 26 heavy (non-hydrogen) atoms. The number of carbonyl (C=O) groups is 3. The molecule has 0 fully saturated rings. The van der Waals surface area contributed by atoms with Gasteiger partial charge in [0, 0.05) is 11.9 Å². The quantitative estimate of drug-likeness (QED) is 0.401. The molecule has 1 aliphatic rings. The summed E-state index contributed by atoms with van der Waals surface area (Å²) in [6.07, 6.45) is 0.359. The number of para-hydroxylation sites is 1. The molecule has 2 aromatic carbocycles. The fourth-order valence-corrected chi connectivity index (χ4v) is 2.98. The first-order valence-corrected chi connectivity index (χ1v) is 8.26. The third kappa shape index (κ3) is 2.75. The van der Waals surface area contributed by atoms with Crippen LogP contribution in [0.25, 0.3) is 11.0 Å². The molecule has 0 aliphatic carbocycles. The molecular weight excluding hydrogens is 334 g/mol. The second-order valence-corrected chi connectivity index (χ2v) is 5.95. The van der Waals surface area contributed by atoms with Gasteiger partial charge in [-0.2, -0.15) is 0 Å². The van der Waals surface area contributed by atoms with Crippen molar-refractivity contribution in [1.82, 2.24) is 4.90 Å². The average Bonchev–Trinajstić information content (AvgIpc) is 3.20. The summed E-state index contributed by atoms with van der Waals surface area (Å²) < 4.78 is 10.6. The zero-order valence-electron chi connectivity index (χ0n) is 13.8. The highest BCUT2D eigenvalue weighted by Crippen LogP contribution is 2.23. The molecule has 1 aliphatic heterocycles. The summed E-state index contributed by atoms with van der Waals surface area (Å²) >= 11 is 0. The Morgan fingerprint density at radius 2 is 1.62 bits per heavy atom. The highest BCUT2D eigenvalue weighted by Gasteiger charge is 2.34. The zero-order valence-corrected chi connectivity index (χ0v) is 13.8. The molecule has 0 N–H and O–H groups in total. The van der Waals surface area contributed by atoms with E-state index in [1.807, 2.05) is 18.2 Å². The van der Waals surface area contributed by atoms with E-state index >= 15 is 0 Å². The van der Waals surface area contributed by atoms with Crippen LogP contribution in [0.2, 0.25) is 0 Å². The first-order chi connectivity index (χ1) is 12.6. The molecule has 6 nitrogen and oxygen atoms in total. The van der Waals surface area contributed by atoms with Crippen LogP contribution in [0, 0.1) is 0 Å². The van der Waals surface area contributed by atoms with Gasteiger partial charge in [-0.15, -0.1) is 0 Å². The fraction of sp³-hybridized carbons (Fsp3) is 0.150. The number of carbonyl (C=O) groups excluding carboxylic acids is 3. The van der Waals surface area contributed by atoms with Crippen molar-refractivity contribution in [2.24, 2.45) is 0 Å². The number of benzene rings is 2. The SMILES string of the molecule is O=C(OCCCN1C(=O)c2ccccc2C1=O)c1cc2ccccc2o1. The molecular formula is C20H15NO5. The van der Waals surface area contributed by atoms with E-state index in [4.69, 9.17) is 9.15 Å². The average molecular weight is 349 g/mol. The molecule has 0 saturated heterocycles. The maximum absolute atomic E-state index is 12.2. The van der Waals surface area contributed by atoms with Crippen LogP contribution in [0.3, 0.4) is 0 Å². The van der Waals surface area contributed by atoms with Crippen LogP contribution in [0.5, 0.6) is 0 Å². The molecule has 0 bridgehead atoms. The monoisotopic (exact) mass is 349 g/mol. The molecule has 4 rings (SSSR count). The van der Waals surface area contributed by atoms with Crippen molar-refractivity contribution in [2.45, 2.75) is 6.42 Å².